The quantitative estimate of drug-likeness (QED) is 0.538. The van der Waals surface area contributed by atoms with Gasteiger partial charge in [-0.05, 0) is 13.8 Å². The predicted octanol–water partition coefficient (Wildman–Crippen LogP) is -0.650. The Labute approximate surface area is 109 Å². The molecule has 9 heteroatoms. The van der Waals surface area contributed by atoms with Crippen molar-refractivity contribution >= 4 is 19.9 Å². The van der Waals surface area contributed by atoms with E-state index in [0.29, 0.717) is 13.2 Å². The highest BCUT2D eigenvalue weighted by Gasteiger charge is 2.17. The van der Waals surface area contributed by atoms with Crippen molar-refractivity contribution in [1.82, 2.24) is 4.72 Å². The molecule has 0 saturated heterocycles. The van der Waals surface area contributed by atoms with Crippen molar-refractivity contribution in [1.29, 1.82) is 0 Å². The van der Waals surface area contributed by atoms with Crippen LogP contribution in [0.4, 0.5) is 0 Å². The smallest absolute Gasteiger partial charge is 0.212 e. The molecule has 18 heavy (non-hydrogen) atoms. The van der Waals surface area contributed by atoms with Crippen molar-refractivity contribution in [3.63, 3.8) is 0 Å². The number of sulfone groups is 1. The minimum atomic E-state index is -3.64. The van der Waals surface area contributed by atoms with E-state index in [1.54, 1.807) is 13.8 Å². The summed E-state index contributed by atoms with van der Waals surface area (Å²) in [5, 5.41) is 0. The third-order valence-corrected chi connectivity index (χ3v) is 4.45. The van der Waals surface area contributed by atoms with E-state index < -0.39 is 37.7 Å². The van der Waals surface area contributed by atoms with E-state index in [0.717, 1.165) is 6.26 Å². The normalized spacial score (nSPS) is 13.1. The highest BCUT2D eigenvalue weighted by molar-refractivity contribution is 7.93. The Balaban J connectivity index is 4.23. The molecule has 0 aromatic heterocycles. The van der Waals surface area contributed by atoms with Gasteiger partial charge in [0.25, 0.3) is 0 Å². The zero-order valence-corrected chi connectivity index (χ0v) is 12.5. The summed E-state index contributed by atoms with van der Waals surface area (Å²) in [6.45, 7) is 4.30. The summed E-state index contributed by atoms with van der Waals surface area (Å²) in [6, 6.07) is 0. The maximum absolute atomic E-state index is 11.5. The lowest BCUT2D eigenvalue weighted by molar-refractivity contribution is -0.130. The van der Waals surface area contributed by atoms with Crippen molar-refractivity contribution in [2.75, 3.05) is 37.5 Å². The molecule has 0 fully saturated rings. The number of sulfonamides is 1. The van der Waals surface area contributed by atoms with Crippen molar-refractivity contribution in [2.45, 2.75) is 20.1 Å². The van der Waals surface area contributed by atoms with Gasteiger partial charge in [0.1, 0.15) is 9.84 Å². The van der Waals surface area contributed by atoms with Crippen LogP contribution < -0.4 is 4.72 Å². The maximum Gasteiger partial charge on any atom is 0.212 e. The molecule has 0 aromatic carbocycles. The standard InChI is InChI=1S/C9H21NO6S2/c1-4-15-9(16-5-2)8-10-18(13,14)7-6-17(3,11)12/h9-10H,4-8H2,1-3H3. The first kappa shape index (κ1) is 17.8. The molecule has 1 N–H and O–H groups in total. The Morgan fingerprint density at radius 3 is 1.89 bits per heavy atom. The zero-order valence-electron chi connectivity index (χ0n) is 10.9. The van der Waals surface area contributed by atoms with E-state index in [-0.39, 0.29) is 6.54 Å². The molecule has 0 unspecified atom stereocenters. The number of hydrogen-bond acceptors (Lipinski definition) is 6. The summed E-state index contributed by atoms with van der Waals surface area (Å²) in [7, 11) is -6.93. The molecular formula is C9H21NO6S2. The largest absolute Gasteiger partial charge is 0.352 e. The van der Waals surface area contributed by atoms with Crippen LogP contribution >= 0.6 is 0 Å². The first-order valence-electron chi connectivity index (χ1n) is 5.58. The van der Waals surface area contributed by atoms with Gasteiger partial charge in [0.05, 0.1) is 18.1 Å². The molecule has 0 heterocycles. The van der Waals surface area contributed by atoms with Gasteiger partial charge >= 0.3 is 0 Å². The number of ether oxygens (including phenoxy) is 2. The van der Waals surface area contributed by atoms with Crippen LogP contribution in [-0.4, -0.2) is 60.6 Å². The van der Waals surface area contributed by atoms with Crippen molar-refractivity contribution < 1.29 is 26.3 Å². The van der Waals surface area contributed by atoms with E-state index in [1.165, 1.54) is 0 Å². The topological polar surface area (TPSA) is 98.8 Å². The van der Waals surface area contributed by atoms with Crippen LogP contribution in [0.1, 0.15) is 13.8 Å². The maximum atomic E-state index is 11.5. The SMILES string of the molecule is CCOC(CNS(=O)(=O)CCS(C)(=O)=O)OCC. The van der Waals surface area contributed by atoms with Crippen molar-refractivity contribution in [2.24, 2.45) is 0 Å². The molecule has 0 aliphatic heterocycles. The minimum Gasteiger partial charge on any atom is -0.352 e. The lowest BCUT2D eigenvalue weighted by atomic mass is 10.6. The van der Waals surface area contributed by atoms with Crippen LogP contribution in [-0.2, 0) is 29.3 Å². The Bertz CT molecular complexity index is 410. The first-order chi connectivity index (χ1) is 8.20. The lowest BCUT2D eigenvalue weighted by Crippen LogP contribution is -2.37. The van der Waals surface area contributed by atoms with Crippen LogP contribution in [0.15, 0.2) is 0 Å². The Kier molecular flexibility index (Phi) is 7.95. The van der Waals surface area contributed by atoms with Gasteiger partial charge in [-0.1, -0.05) is 0 Å². The fourth-order valence-corrected chi connectivity index (χ4v) is 3.69. The third-order valence-electron chi connectivity index (χ3n) is 1.90. The van der Waals surface area contributed by atoms with E-state index in [2.05, 4.69) is 4.72 Å². The number of rotatable bonds is 10. The van der Waals surface area contributed by atoms with Crippen LogP contribution in [0.25, 0.3) is 0 Å². The molecule has 110 valence electrons. The monoisotopic (exact) mass is 303 g/mol. The highest BCUT2D eigenvalue weighted by Crippen LogP contribution is 1.96. The fraction of sp³-hybridized carbons (Fsp3) is 1.00. The molecule has 0 amide bonds. The second-order valence-electron chi connectivity index (χ2n) is 3.64. The Morgan fingerprint density at radius 2 is 1.50 bits per heavy atom. The highest BCUT2D eigenvalue weighted by atomic mass is 32.2. The van der Waals surface area contributed by atoms with Gasteiger partial charge in [0.15, 0.2) is 6.29 Å². The zero-order chi connectivity index (χ0) is 14.2. The minimum absolute atomic E-state index is 0.0340. The summed E-state index contributed by atoms with van der Waals surface area (Å²) in [6.07, 6.45) is 0.333. The average molecular weight is 303 g/mol. The molecule has 0 aliphatic carbocycles. The van der Waals surface area contributed by atoms with Crippen LogP contribution in [0.3, 0.4) is 0 Å². The summed E-state index contributed by atoms with van der Waals surface area (Å²) in [4.78, 5) is 0. The van der Waals surface area contributed by atoms with Crippen molar-refractivity contribution in [3.05, 3.63) is 0 Å². The summed E-state index contributed by atoms with van der Waals surface area (Å²) >= 11 is 0. The molecule has 0 atom stereocenters. The van der Waals surface area contributed by atoms with Gasteiger partial charge in [-0.15, -0.1) is 0 Å². The van der Waals surface area contributed by atoms with Crippen molar-refractivity contribution in [3.8, 4) is 0 Å². The third kappa shape index (κ3) is 9.77. The van der Waals surface area contributed by atoms with Gasteiger partial charge in [0.2, 0.25) is 10.0 Å². The molecule has 0 aromatic rings. The molecule has 0 bridgehead atoms. The second kappa shape index (κ2) is 8.05. The van der Waals surface area contributed by atoms with Crippen LogP contribution in [0, 0.1) is 0 Å². The predicted molar refractivity (Wildman–Crippen MR) is 68.5 cm³/mol. The molecular weight excluding hydrogens is 282 g/mol. The molecule has 7 nitrogen and oxygen atoms in total. The Hall–Kier alpha value is -0.220. The Morgan fingerprint density at radius 1 is 1.00 bits per heavy atom. The second-order valence-corrected chi connectivity index (χ2v) is 7.82. The van der Waals surface area contributed by atoms with Crippen LogP contribution in [0.2, 0.25) is 0 Å². The molecule has 0 spiro atoms. The first-order valence-corrected chi connectivity index (χ1v) is 9.29. The molecule has 0 aliphatic rings. The van der Waals surface area contributed by atoms with Gasteiger partial charge in [-0.3, -0.25) is 0 Å². The van der Waals surface area contributed by atoms with Gasteiger partial charge in [0, 0.05) is 19.5 Å². The van der Waals surface area contributed by atoms with E-state index >= 15 is 0 Å². The van der Waals surface area contributed by atoms with E-state index in [1.807, 2.05) is 0 Å². The van der Waals surface area contributed by atoms with E-state index in [4.69, 9.17) is 9.47 Å². The molecule has 0 rings (SSSR count). The summed E-state index contributed by atoms with van der Waals surface area (Å²) in [5.74, 6) is -0.868. The summed E-state index contributed by atoms with van der Waals surface area (Å²) in [5.41, 5.74) is 0. The molecule has 0 radical (unpaired) electrons. The van der Waals surface area contributed by atoms with Gasteiger partial charge in [-0.2, -0.15) is 0 Å². The fourth-order valence-electron chi connectivity index (χ4n) is 1.07. The summed E-state index contributed by atoms with van der Waals surface area (Å²) < 4.78 is 57.3. The van der Waals surface area contributed by atoms with Gasteiger partial charge in [-0.25, -0.2) is 21.6 Å². The molecule has 0 saturated carbocycles. The van der Waals surface area contributed by atoms with Crippen LogP contribution in [0.5, 0.6) is 0 Å². The number of nitrogens with one attached hydrogen (secondary N) is 1. The lowest BCUT2D eigenvalue weighted by Gasteiger charge is -2.17. The van der Waals surface area contributed by atoms with E-state index in [9.17, 15) is 16.8 Å². The number of hydrogen-bond donors (Lipinski definition) is 1. The van der Waals surface area contributed by atoms with Gasteiger partial charge < -0.3 is 9.47 Å². The average Bonchev–Trinajstić information content (AvgIpc) is 2.23.